The van der Waals surface area contributed by atoms with E-state index in [1.807, 2.05) is 6.92 Å². The van der Waals surface area contributed by atoms with Crippen LogP contribution in [0.1, 0.15) is 30.1 Å². The Morgan fingerprint density at radius 1 is 1.47 bits per heavy atom. The molecule has 0 bridgehead atoms. The van der Waals surface area contributed by atoms with Gasteiger partial charge < -0.3 is 15.2 Å². The Morgan fingerprint density at radius 2 is 2.16 bits per heavy atom. The number of carbonyl (C=O) groups excluding carboxylic acids is 1. The van der Waals surface area contributed by atoms with Gasteiger partial charge in [-0.1, -0.05) is 13.3 Å². The monoisotopic (exact) mass is 329 g/mol. The van der Waals surface area contributed by atoms with Gasteiger partial charge in [-0.05, 0) is 40.5 Å². The average molecular weight is 330 g/mol. The second-order valence-corrected chi connectivity index (χ2v) is 4.86. The number of aliphatic carboxylic acids is 1. The number of carbonyl (C=O) groups is 2. The largest absolute Gasteiger partial charge is 0.496 e. The van der Waals surface area contributed by atoms with Gasteiger partial charge in [-0.15, -0.1) is 0 Å². The summed E-state index contributed by atoms with van der Waals surface area (Å²) in [6.07, 6.45) is 1.09. The highest BCUT2D eigenvalue weighted by Gasteiger charge is 2.19. The number of benzene rings is 1. The van der Waals surface area contributed by atoms with Crippen LogP contribution in [0.4, 0.5) is 0 Å². The second-order valence-electron chi connectivity index (χ2n) is 4.00. The smallest absolute Gasteiger partial charge is 0.326 e. The highest BCUT2D eigenvalue weighted by atomic mass is 79.9. The second kappa shape index (κ2) is 7.13. The summed E-state index contributed by atoms with van der Waals surface area (Å²) in [5.41, 5.74) is 0.384. The Kier molecular flexibility index (Phi) is 5.82. The van der Waals surface area contributed by atoms with Crippen molar-refractivity contribution in [3.05, 3.63) is 28.2 Å². The molecule has 1 rings (SSSR count). The molecule has 0 saturated heterocycles. The topological polar surface area (TPSA) is 75.6 Å². The zero-order valence-electron chi connectivity index (χ0n) is 10.8. The molecule has 6 heteroatoms. The van der Waals surface area contributed by atoms with Gasteiger partial charge in [0.1, 0.15) is 11.8 Å². The van der Waals surface area contributed by atoms with Crippen molar-refractivity contribution >= 4 is 27.8 Å². The van der Waals surface area contributed by atoms with E-state index < -0.39 is 17.9 Å². The molecule has 0 unspecified atom stereocenters. The van der Waals surface area contributed by atoms with Crippen LogP contribution >= 0.6 is 15.9 Å². The molecule has 0 radical (unpaired) electrons. The lowest BCUT2D eigenvalue weighted by molar-refractivity contribution is -0.139. The highest BCUT2D eigenvalue weighted by Crippen LogP contribution is 2.25. The fourth-order valence-electron chi connectivity index (χ4n) is 1.60. The van der Waals surface area contributed by atoms with Gasteiger partial charge in [-0.2, -0.15) is 0 Å². The third-order valence-corrected chi connectivity index (χ3v) is 3.21. The Balaban J connectivity index is 2.82. The van der Waals surface area contributed by atoms with Crippen molar-refractivity contribution in [1.29, 1.82) is 0 Å². The summed E-state index contributed by atoms with van der Waals surface area (Å²) in [4.78, 5) is 22.9. The minimum absolute atomic E-state index is 0.384. The van der Waals surface area contributed by atoms with Crippen LogP contribution in [0, 0.1) is 0 Å². The first-order valence-electron chi connectivity index (χ1n) is 5.86. The lowest BCUT2D eigenvalue weighted by Crippen LogP contribution is -2.40. The molecule has 0 spiro atoms. The molecule has 0 fully saturated rings. The van der Waals surface area contributed by atoms with Gasteiger partial charge in [0.2, 0.25) is 0 Å². The van der Waals surface area contributed by atoms with Gasteiger partial charge in [0, 0.05) is 5.56 Å². The molecular formula is C13H16BrNO4. The zero-order valence-corrected chi connectivity index (χ0v) is 12.4. The van der Waals surface area contributed by atoms with Gasteiger partial charge in [-0.3, -0.25) is 4.79 Å². The Labute approximate surface area is 120 Å². The van der Waals surface area contributed by atoms with Gasteiger partial charge >= 0.3 is 5.97 Å². The van der Waals surface area contributed by atoms with Gasteiger partial charge in [0.15, 0.2) is 0 Å². The number of nitrogens with one attached hydrogen (secondary N) is 1. The molecule has 0 saturated carbocycles. The molecule has 5 nitrogen and oxygen atoms in total. The summed E-state index contributed by atoms with van der Waals surface area (Å²) in [7, 11) is 1.53. The van der Waals surface area contributed by atoms with E-state index in [9.17, 15) is 9.59 Å². The first-order valence-corrected chi connectivity index (χ1v) is 6.66. The molecule has 0 aliphatic rings. The van der Waals surface area contributed by atoms with Crippen LogP contribution in [0.3, 0.4) is 0 Å². The third kappa shape index (κ3) is 4.24. The quantitative estimate of drug-likeness (QED) is 0.840. The number of hydrogen-bond donors (Lipinski definition) is 2. The molecule has 1 aromatic rings. The van der Waals surface area contributed by atoms with Crippen molar-refractivity contribution in [3.63, 3.8) is 0 Å². The lowest BCUT2D eigenvalue weighted by Gasteiger charge is -2.14. The van der Waals surface area contributed by atoms with E-state index in [0.29, 0.717) is 28.6 Å². The van der Waals surface area contributed by atoms with Crippen molar-refractivity contribution < 1.29 is 19.4 Å². The van der Waals surface area contributed by atoms with Crippen LogP contribution in [0.5, 0.6) is 5.75 Å². The van der Waals surface area contributed by atoms with Crippen LogP contribution in [-0.4, -0.2) is 30.1 Å². The molecule has 0 heterocycles. The standard InChI is InChI=1S/C13H16BrNO4/c1-3-4-10(13(17)18)15-12(16)8-5-6-11(19-2)9(14)7-8/h5-7,10H,3-4H2,1-2H3,(H,15,16)(H,17,18)/t10-/m0/s1. The number of hydrogen-bond acceptors (Lipinski definition) is 3. The molecule has 1 amide bonds. The Morgan fingerprint density at radius 3 is 2.63 bits per heavy atom. The molecular weight excluding hydrogens is 314 g/mol. The van der Waals surface area contributed by atoms with Crippen molar-refractivity contribution in [2.75, 3.05) is 7.11 Å². The Hall–Kier alpha value is -1.56. The summed E-state index contributed by atoms with van der Waals surface area (Å²) >= 11 is 3.28. The van der Waals surface area contributed by atoms with Crippen LogP contribution in [0.25, 0.3) is 0 Å². The van der Waals surface area contributed by atoms with Gasteiger partial charge in [-0.25, -0.2) is 4.79 Å². The van der Waals surface area contributed by atoms with E-state index in [1.54, 1.807) is 18.2 Å². The summed E-state index contributed by atoms with van der Waals surface area (Å²) in [5, 5.41) is 11.5. The number of halogens is 1. The molecule has 0 aliphatic heterocycles. The number of carboxylic acids is 1. The van der Waals surface area contributed by atoms with Crippen LogP contribution < -0.4 is 10.1 Å². The van der Waals surface area contributed by atoms with E-state index >= 15 is 0 Å². The summed E-state index contributed by atoms with van der Waals surface area (Å²) in [6, 6.07) is 3.97. The van der Waals surface area contributed by atoms with Crippen molar-refractivity contribution in [2.24, 2.45) is 0 Å². The number of methoxy groups -OCH3 is 1. The average Bonchev–Trinajstić information content (AvgIpc) is 2.37. The number of amides is 1. The minimum Gasteiger partial charge on any atom is -0.496 e. The maximum absolute atomic E-state index is 12.0. The SMILES string of the molecule is CCC[C@H](NC(=O)c1ccc(OC)c(Br)c1)C(=O)O. The first-order chi connectivity index (χ1) is 8.99. The summed E-state index contributed by atoms with van der Waals surface area (Å²) in [5.74, 6) is -0.827. The van der Waals surface area contributed by atoms with Crippen molar-refractivity contribution in [1.82, 2.24) is 5.32 Å². The van der Waals surface area contributed by atoms with E-state index in [-0.39, 0.29) is 0 Å². The van der Waals surface area contributed by atoms with Crippen LogP contribution in [0.2, 0.25) is 0 Å². The van der Waals surface area contributed by atoms with E-state index in [0.717, 1.165) is 0 Å². The van der Waals surface area contributed by atoms with Gasteiger partial charge in [0.05, 0.1) is 11.6 Å². The fraction of sp³-hybridized carbons (Fsp3) is 0.385. The predicted molar refractivity (Wildman–Crippen MR) is 74.5 cm³/mol. The number of carboxylic acid groups (broad SMARTS) is 1. The fourth-order valence-corrected chi connectivity index (χ4v) is 2.14. The number of ether oxygens (including phenoxy) is 1. The number of rotatable bonds is 6. The lowest BCUT2D eigenvalue weighted by atomic mass is 10.1. The summed E-state index contributed by atoms with van der Waals surface area (Å²) in [6.45, 7) is 1.87. The molecule has 0 aromatic heterocycles. The third-order valence-electron chi connectivity index (χ3n) is 2.59. The first kappa shape index (κ1) is 15.5. The maximum atomic E-state index is 12.0. The Bertz CT molecular complexity index is 476. The van der Waals surface area contributed by atoms with E-state index in [2.05, 4.69) is 21.2 Å². The molecule has 0 aliphatic carbocycles. The molecule has 1 aromatic carbocycles. The molecule has 1 atom stereocenters. The molecule has 2 N–H and O–H groups in total. The normalized spacial score (nSPS) is 11.7. The predicted octanol–water partition coefficient (Wildman–Crippen LogP) is 2.44. The van der Waals surface area contributed by atoms with E-state index in [4.69, 9.17) is 9.84 Å². The van der Waals surface area contributed by atoms with Crippen LogP contribution in [-0.2, 0) is 4.79 Å². The summed E-state index contributed by atoms with van der Waals surface area (Å²) < 4.78 is 5.71. The van der Waals surface area contributed by atoms with E-state index in [1.165, 1.54) is 7.11 Å². The minimum atomic E-state index is -1.03. The highest BCUT2D eigenvalue weighted by molar-refractivity contribution is 9.10. The molecule has 19 heavy (non-hydrogen) atoms. The van der Waals surface area contributed by atoms with Crippen LogP contribution in [0.15, 0.2) is 22.7 Å². The van der Waals surface area contributed by atoms with Crippen molar-refractivity contribution in [2.45, 2.75) is 25.8 Å². The van der Waals surface area contributed by atoms with Gasteiger partial charge in [0.25, 0.3) is 5.91 Å². The van der Waals surface area contributed by atoms with Crippen molar-refractivity contribution in [3.8, 4) is 5.75 Å². The molecule has 104 valence electrons. The maximum Gasteiger partial charge on any atom is 0.326 e. The zero-order chi connectivity index (χ0) is 14.4.